The van der Waals surface area contributed by atoms with Crippen molar-refractivity contribution < 1.29 is 9.59 Å². The molecule has 0 saturated heterocycles. The quantitative estimate of drug-likeness (QED) is 0.607. The highest BCUT2D eigenvalue weighted by atomic mass is 32.1. The second kappa shape index (κ2) is 8.86. The van der Waals surface area contributed by atoms with Gasteiger partial charge in [0.2, 0.25) is 11.8 Å². The van der Waals surface area contributed by atoms with Gasteiger partial charge in [-0.25, -0.2) is 4.98 Å². The zero-order valence-corrected chi connectivity index (χ0v) is 16.2. The fourth-order valence-corrected chi connectivity index (χ4v) is 3.06. The minimum atomic E-state index is -0.540. The number of pyridine rings is 2. The predicted octanol–water partition coefficient (Wildman–Crippen LogP) is 2.71. The number of nitrogens with two attached hydrogens (primary N) is 1. The molecule has 0 bridgehead atoms. The zero-order valence-electron chi connectivity index (χ0n) is 15.4. The van der Waals surface area contributed by atoms with Crippen molar-refractivity contribution >= 4 is 34.4 Å². The topological polar surface area (TPSA) is 135 Å². The van der Waals surface area contributed by atoms with Gasteiger partial charge in [0, 0.05) is 35.8 Å². The monoisotopic (exact) mass is 404 g/mol. The molecule has 3 rings (SSSR count). The van der Waals surface area contributed by atoms with Crippen LogP contribution in [-0.4, -0.2) is 26.8 Å². The van der Waals surface area contributed by atoms with E-state index in [-0.39, 0.29) is 5.91 Å². The molecular formula is C20H16N6O2S. The average molecular weight is 404 g/mol. The number of nitrogens with one attached hydrogen (secondary N) is 1. The van der Waals surface area contributed by atoms with E-state index in [0.29, 0.717) is 15.7 Å². The van der Waals surface area contributed by atoms with Crippen LogP contribution < -0.4 is 11.1 Å². The highest BCUT2D eigenvalue weighted by Crippen LogP contribution is 2.25. The van der Waals surface area contributed by atoms with Crippen LogP contribution in [0.1, 0.15) is 29.0 Å². The summed E-state index contributed by atoms with van der Waals surface area (Å²) < 4.78 is 0. The van der Waals surface area contributed by atoms with Gasteiger partial charge in [-0.05, 0) is 30.7 Å². The third kappa shape index (κ3) is 5.09. The Balaban J connectivity index is 1.75. The van der Waals surface area contributed by atoms with Gasteiger partial charge in [0.25, 0.3) is 0 Å². The number of primary amides is 1. The van der Waals surface area contributed by atoms with Crippen molar-refractivity contribution in [2.75, 3.05) is 5.32 Å². The highest BCUT2D eigenvalue weighted by molar-refractivity contribution is 7.16. The number of aromatic nitrogens is 3. The second-order valence-electron chi connectivity index (χ2n) is 6.07. The SMILES string of the molecule is CC(C(=O)Nc1ncc(C#N)s1)c1cncc(-c2ccc(C=CC(N)=O)nc2)c1. The maximum absolute atomic E-state index is 12.5. The molecule has 29 heavy (non-hydrogen) atoms. The van der Waals surface area contributed by atoms with Gasteiger partial charge < -0.3 is 11.1 Å². The highest BCUT2D eigenvalue weighted by Gasteiger charge is 2.18. The molecule has 0 fully saturated rings. The summed E-state index contributed by atoms with van der Waals surface area (Å²) in [6.07, 6.45) is 9.17. The van der Waals surface area contributed by atoms with Crippen molar-refractivity contribution in [1.82, 2.24) is 15.0 Å². The van der Waals surface area contributed by atoms with Crippen LogP contribution in [0.3, 0.4) is 0 Å². The fourth-order valence-electron chi connectivity index (χ4n) is 2.44. The summed E-state index contributed by atoms with van der Waals surface area (Å²) in [5, 5.41) is 11.9. The molecule has 3 aromatic heterocycles. The lowest BCUT2D eigenvalue weighted by Gasteiger charge is -2.12. The summed E-state index contributed by atoms with van der Waals surface area (Å²) in [7, 11) is 0. The third-order valence-electron chi connectivity index (χ3n) is 4.04. The first kappa shape index (κ1) is 19.9. The molecule has 3 heterocycles. The normalized spacial score (nSPS) is 11.7. The van der Waals surface area contributed by atoms with E-state index in [2.05, 4.69) is 20.3 Å². The van der Waals surface area contributed by atoms with E-state index in [9.17, 15) is 9.59 Å². The summed E-state index contributed by atoms with van der Waals surface area (Å²) in [5.41, 5.74) is 8.04. The molecule has 3 aromatic rings. The maximum Gasteiger partial charge on any atom is 0.241 e. The number of hydrogen-bond acceptors (Lipinski definition) is 7. The summed E-state index contributed by atoms with van der Waals surface area (Å²) in [4.78, 5) is 36.3. The van der Waals surface area contributed by atoms with Crippen LogP contribution >= 0.6 is 11.3 Å². The van der Waals surface area contributed by atoms with Gasteiger partial charge in [0.1, 0.15) is 10.9 Å². The summed E-state index contributed by atoms with van der Waals surface area (Å²) >= 11 is 1.12. The molecule has 0 aliphatic rings. The average Bonchev–Trinajstić information content (AvgIpc) is 3.19. The molecule has 0 saturated carbocycles. The molecule has 1 unspecified atom stereocenters. The van der Waals surface area contributed by atoms with Gasteiger partial charge in [-0.2, -0.15) is 5.26 Å². The van der Waals surface area contributed by atoms with Gasteiger partial charge in [-0.3, -0.25) is 19.6 Å². The second-order valence-corrected chi connectivity index (χ2v) is 7.10. The Labute approximate surface area is 170 Å². The number of carbonyl (C=O) groups excluding carboxylic acids is 2. The van der Waals surface area contributed by atoms with Gasteiger partial charge in [0.05, 0.1) is 17.8 Å². The fraction of sp³-hybridized carbons (Fsp3) is 0.100. The van der Waals surface area contributed by atoms with E-state index in [1.165, 1.54) is 18.3 Å². The van der Waals surface area contributed by atoms with Crippen molar-refractivity contribution in [3.05, 3.63) is 65.2 Å². The van der Waals surface area contributed by atoms with Gasteiger partial charge in [-0.1, -0.05) is 17.4 Å². The third-order valence-corrected chi connectivity index (χ3v) is 4.85. The van der Waals surface area contributed by atoms with Crippen LogP contribution in [0.5, 0.6) is 0 Å². The van der Waals surface area contributed by atoms with E-state index in [0.717, 1.165) is 28.0 Å². The number of nitriles is 1. The van der Waals surface area contributed by atoms with E-state index in [1.807, 2.05) is 18.2 Å². The lowest BCUT2D eigenvalue weighted by molar-refractivity contribution is -0.117. The van der Waals surface area contributed by atoms with E-state index < -0.39 is 11.8 Å². The largest absolute Gasteiger partial charge is 0.366 e. The molecule has 0 spiro atoms. The van der Waals surface area contributed by atoms with Crippen LogP contribution in [0.4, 0.5) is 5.13 Å². The van der Waals surface area contributed by atoms with Gasteiger partial charge >= 0.3 is 0 Å². The molecule has 2 amide bonds. The number of rotatable bonds is 6. The molecule has 9 heteroatoms. The Hall–Kier alpha value is -3.90. The standard InChI is InChI=1S/C20H16N6O2S/c1-12(19(28)26-20-25-11-17(7-21)29-20)14-6-15(9-23-8-14)13-2-3-16(24-10-13)4-5-18(22)27/h2-6,8-12H,1H3,(H2,22,27)(H,25,26,28). The van der Waals surface area contributed by atoms with Crippen molar-refractivity contribution in [1.29, 1.82) is 5.26 Å². The first-order valence-corrected chi connectivity index (χ1v) is 9.33. The number of anilines is 1. The van der Waals surface area contributed by atoms with E-state index in [4.69, 9.17) is 11.0 Å². The number of thiazole rings is 1. The number of amides is 2. The molecule has 0 aliphatic heterocycles. The summed E-state index contributed by atoms with van der Waals surface area (Å²) in [6.45, 7) is 1.77. The van der Waals surface area contributed by atoms with Crippen LogP contribution in [0.25, 0.3) is 17.2 Å². The number of hydrogen-bond donors (Lipinski definition) is 2. The minimum Gasteiger partial charge on any atom is -0.366 e. The first-order valence-electron chi connectivity index (χ1n) is 8.52. The Bertz CT molecular complexity index is 1110. The Kier molecular flexibility index (Phi) is 6.06. The molecule has 1 atom stereocenters. The smallest absolute Gasteiger partial charge is 0.241 e. The van der Waals surface area contributed by atoms with Crippen molar-refractivity contribution in [2.45, 2.75) is 12.8 Å². The van der Waals surface area contributed by atoms with Crippen molar-refractivity contribution in [2.24, 2.45) is 5.73 Å². The van der Waals surface area contributed by atoms with Gasteiger partial charge in [0.15, 0.2) is 5.13 Å². The molecule has 3 N–H and O–H groups in total. The summed E-state index contributed by atoms with van der Waals surface area (Å²) in [6, 6.07) is 7.46. The number of carbonyl (C=O) groups is 2. The predicted molar refractivity (Wildman–Crippen MR) is 110 cm³/mol. The van der Waals surface area contributed by atoms with Crippen LogP contribution in [0.2, 0.25) is 0 Å². The minimum absolute atomic E-state index is 0.243. The van der Waals surface area contributed by atoms with Crippen molar-refractivity contribution in [3.8, 4) is 17.2 Å². The Morgan fingerprint density at radius 1 is 1.21 bits per heavy atom. The molecule has 0 aromatic carbocycles. The van der Waals surface area contributed by atoms with Crippen molar-refractivity contribution in [3.63, 3.8) is 0 Å². The molecule has 0 aliphatic carbocycles. The maximum atomic E-state index is 12.5. The Morgan fingerprint density at radius 2 is 2.03 bits per heavy atom. The molecule has 0 radical (unpaired) electrons. The van der Waals surface area contributed by atoms with Crippen LogP contribution in [0, 0.1) is 11.3 Å². The zero-order chi connectivity index (χ0) is 20.8. The van der Waals surface area contributed by atoms with Gasteiger partial charge in [-0.15, -0.1) is 0 Å². The van der Waals surface area contributed by atoms with E-state index >= 15 is 0 Å². The molecule has 8 nitrogen and oxygen atoms in total. The first-order chi connectivity index (χ1) is 14.0. The van der Waals surface area contributed by atoms with Crippen LogP contribution in [-0.2, 0) is 9.59 Å². The molecule has 144 valence electrons. The summed E-state index contributed by atoms with van der Waals surface area (Å²) in [5.74, 6) is -1.25. The van der Waals surface area contributed by atoms with E-state index in [1.54, 1.807) is 31.6 Å². The lowest BCUT2D eigenvalue weighted by atomic mass is 9.99. The Morgan fingerprint density at radius 3 is 2.69 bits per heavy atom. The lowest BCUT2D eigenvalue weighted by Crippen LogP contribution is -2.18. The van der Waals surface area contributed by atoms with Crippen LogP contribution in [0.15, 0.2) is 49.1 Å². The molecular weight excluding hydrogens is 388 g/mol. The number of nitrogens with zero attached hydrogens (tertiary/aromatic N) is 4.